The quantitative estimate of drug-likeness (QED) is 0.713. The molecule has 78 valence electrons. The first kappa shape index (κ1) is 9.90. The van der Waals surface area contributed by atoms with E-state index in [9.17, 15) is 0 Å². The number of aryl methyl sites for hydroxylation is 4. The molecule has 0 N–H and O–H groups in total. The molecule has 0 aliphatic heterocycles. The predicted molar refractivity (Wildman–Crippen MR) is 58.7 cm³/mol. The van der Waals surface area contributed by atoms with E-state index >= 15 is 0 Å². The van der Waals surface area contributed by atoms with Crippen molar-refractivity contribution < 1.29 is 4.52 Å². The molecule has 1 heterocycles. The third-order valence-electron chi connectivity index (χ3n) is 2.43. The highest BCUT2D eigenvalue weighted by atomic mass is 16.5. The van der Waals surface area contributed by atoms with Gasteiger partial charge in [0.05, 0.1) is 0 Å². The first-order chi connectivity index (χ1) is 7.08. The normalized spacial score (nSPS) is 10.7. The van der Waals surface area contributed by atoms with Crippen molar-refractivity contribution >= 4 is 0 Å². The van der Waals surface area contributed by atoms with Gasteiger partial charge in [0.15, 0.2) is 0 Å². The van der Waals surface area contributed by atoms with E-state index in [-0.39, 0.29) is 0 Å². The second-order valence-corrected chi connectivity index (χ2v) is 3.91. The van der Waals surface area contributed by atoms with Gasteiger partial charge in [0.25, 0.3) is 0 Å². The van der Waals surface area contributed by atoms with Crippen LogP contribution >= 0.6 is 0 Å². The average Bonchev–Trinajstić information content (AvgIpc) is 2.49. The van der Waals surface area contributed by atoms with Gasteiger partial charge >= 0.3 is 0 Å². The smallest absolute Gasteiger partial charge is 0.223 e. The van der Waals surface area contributed by atoms with Crippen LogP contribution in [0.1, 0.15) is 22.6 Å². The summed E-state index contributed by atoms with van der Waals surface area (Å²) < 4.78 is 5.00. The molecule has 0 spiro atoms. The fourth-order valence-electron chi connectivity index (χ4n) is 1.93. The number of rotatable bonds is 1. The Hall–Kier alpha value is -1.64. The minimum Gasteiger partial charge on any atom is -0.339 e. The van der Waals surface area contributed by atoms with Crippen molar-refractivity contribution in [2.45, 2.75) is 27.7 Å². The van der Waals surface area contributed by atoms with Gasteiger partial charge in [0, 0.05) is 12.5 Å². The Bertz CT molecular complexity index is 477. The Labute approximate surface area is 89.1 Å². The van der Waals surface area contributed by atoms with Crippen LogP contribution < -0.4 is 0 Å². The lowest BCUT2D eigenvalue weighted by atomic mass is 9.99. The molecule has 0 aliphatic rings. The van der Waals surface area contributed by atoms with Crippen molar-refractivity contribution in [1.29, 1.82) is 0 Å². The maximum absolute atomic E-state index is 5.00. The molecule has 1 aromatic carbocycles. The molecule has 0 radical (unpaired) electrons. The van der Waals surface area contributed by atoms with E-state index in [1.807, 2.05) is 0 Å². The molecule has 0 fully saturated rings. The van der Waals surface area contributed by atoms with Crippen LogP contribution in [0.4, 0.5) is 0 Å². The van der Waals surface area contributed by atoms with E-state index in [4.69, 9.17) is 4.52 Å². The molecular formula is C12H14N2O. The molecular weight excluding hydrogens is 188 g/mol. The molecule has 0 saturated heterocycles. The predicted octanol–water partition coefficient (Wildman–Crippen LogP) is 2.97. The van der Waals surface area contributed by atoms with Crippen LogP contribution in [-0.2, 0) is 0 Å². The van der Waals surface area contributed by atoms with E-state index < -0.39 is 0 Å². The van der Waals surface area contributed by atoms with Gasteiger partial charge in [-0.2, -0.15) is 4.98 Å². The Morgan fingerprint density at radius 3 is 2.07 bits per heavy atom. The molecule has 0 bridgehead atoms. The van der Waals surface area contributed by atoms with Gasteiger partial charge in [-0.25, -0.2) is 0 Å². The second-order valence-electron chi connectivity index (χ2n) is 3.91. The van der Waals surface area contributed by atoms with E-state index in [2.05, 4.69) is 43.0 Å². The number of benzene rings is 1. The Kier molecular flexibility index (Phi) is 2.31. The molecule has 3 heteroatoms. The van der Waals surface area contributed by atoms with Crippen LogP contribution in [0.5, 0.6) is 0 Å². The van der Waals surface area contributed by atoms with Crippen LogP contribution in [0.2, 0.25) is 0 Å². The van der Waals surface area contributed by atoms with E-state index in [1.54, 1.807) is 6.92 Å². The summed E-state index contributed by atoms with van der Waals surface area (Å²) in [7, 11) is 0. The van der Waals surface area contributed by atoms with E-state index in [0.717, 1.165) is 5.56 Å². The molecule has 3 nitrogen and oxygen atoms in total. The third-order valence-corrected chi connectivity index (χ3v) is 2.43. The molecule has 0 atom stereocenters. The largest absolute Gasteiger partial charge is 0.339 e. The molecule has 0 amide bonds. The summed E-state index contributed by atoms with van der Waals surface area (Å²) in [5.41, 5.74) is 4.72. The van der Waals surface area contributed by atoms with Crippen LogP contribution in [-0.4, -0.2) is 10.1 Å². The maximum atomic E-state index is 5.00. The van der Waals surface area contributed by atoms with Crippen LogP contribution in [0, 0.1) is 27.7 Å². The van der Waals surface area contributed by atoms with Crippen molar-refractivity contribution in [3.63, 3.8) is 0 Å². The van der Waals surface area contributed by atoms with Crippen LogP contribution in [0.3, 0.4) is 0 Å². The zero-order chi connectivity index (χ0) is 11.0. The Morgan fingerprint density at radius 2 is 1.60 bits per heavy atom. The summed E-state index contributed by atoms with van der Waals surface area (Å²) in [5.74, 6) is 1.28. The first-order valence-corrected chi connectivity index (χ1v) is 4.96. The van der Waals surface area contributed by atoms with Crippen LogP contribution in [0.25, 0.3) is 11.4 Å². The highest BCUT2D eigenvalue weighted by Gasteiger charge is 2.11. The summed E-state index contributed by atoms with van der Waals surface area (Å²) >= 11 is 0. The lowest BCUT2D eigenvalue weighted by molar-refractivity contribution is 0.394. The van der Waals surface area contributed by atoms with Crippen molar-refractivity contribution in [3.8, 4) is 11.4 Å². The number of hydrogen-bond acceptors (Lipinski definition) is 3. The van der Waals surface area contributed by atoms with Crippen molar-refractivity contribution in [2.75, 3.05) is 0 Å². The summed E-state index contributed by atoms with van der Waals surface area (Å²) in [6, 6.07) is 4.27. The van der Waals surface area contributed by atoms with Gasteiger partial charge in [-0.3, -0.25) is 0 Å². The Balaban J connectivity index is 2.62. The molecule has 2 aromatic rings. The number of aromatic nitrogens is 2. The zero-order valence-electron chi connectivity index (χ0n) is 9.46. The van der Waals surface area contributed by atoms with Gasteiger partial charge in [0.1, 0.15) is 0 Å². The molecule has 0 aliphatic carbocycles. The lowest BCUT2D eigenvalue weighted by Gasteiger charge is -2.06. The van der Waals surface area contributed by atoms with Crippen molar-refractivity contribution in [1.82, 2.24) is 10.1 Å². The van der Waals surface area contributed by atoms with Crippen molar-refractivity contribution in [2.24, 2.45) is 0 Å². The van der Waals surface area contributed by atoms with Gasteiger partial charge in [0.2, 0.25) is 11.7 Å². The molecule has 0 unspecified atom stereocenters. The SMILES string of the molecule is Cc1cc(C)c(-c2noc(C)n2)c(C)c1. The minimum atomic E-state index is 0.601. The summed E-state index contributed by atoms with van der Waals surface area (Å²) in [5, 5.41) is 3.95. The highest BCUT2D eigenvalue weighted by Crippen LogP contribution is 2.25. The fraction of sp³-hybridized carbons (Fsp3) is 0.333. The first-order valence-electron chi connectivity index (χ1n) is 4.96. The third kappa shape index (κ3) is 1.77. The fourth-order valence-corrected chi connectivity index (χ4v) is 1.93. The minimum absolute atomic E-state index is 0.601. The molecule has 15 heavy (non-hydrogen) atoms. The van der Waals surface area contributed by atoms with Crippen LogP contribution in [0.15, 0.2) is 16.7 Å². The second kappa shape index (κ2) is 3.50. The monoisotopic (exact) mass is 202 g/mol. The summed E-state index contributed by atoms with van der Waals surface area (Å²) in [6.07, 6.45) is 0. The summed E-state index contributed by atoms with van der Waals surface area (Å²) in [4.78, 5) is 4.25. The highest BCUT2D eigenvalue weighted by molar-refractivity contribution is 5.64. The molecule has 2 rings (SSSR count). The van der Waals surface area contributed by atoms with E-state index in [0.29, 0.717) is 11.7 Å². The van der Waals surface area contributed by atoms with Gasteiger partial charge < -0.3 is 4.52 Å². The van der Waals surface area contributed by atoms with Gasteiger partial charge in [-0.05, 0) is 31.9 Å². The Morgan fingerprint density at radius 1 is 1.00 bits per heavy atom. The van der Waals surface area contributed by atoms with Gasteiger partial charge in [-0.1, -0.05) is 22.9 Å². The topological polar surface area (TPSA) is 38.9 Å². The lowest BCUT2D eigenvalue weighted by Crippen LogP contribution is -1.91. The molecule has 0 saturated carbocycles. The zero-order valence-corrected chi connectivity index (χ0v) is 9.46. The number of hydrogen-bond donors (Lipinski definition) is 0. The average molecular weight is 202 g/mol. The maximum Gasteiger partial charge on any atom is 0.223 e. The standard InChI is InChI=1S/C12H14N2O/c1-7-5-8(2)11(9(3)6-7)12-13-10(4)15-14-12/h5-6H,1-4H3. The number of nitrogens with zero attached hydrogens (tertiary/aromatic N) is 2. The van der Waals surface area contributed by atoms with E-state index in [1.165, 1.54) is 16.7 Å². The van der Waals surface area contributed by atoms with Crippen molar-refractivity contribution in [3.05, 3.63) is 34.7 Å². The summed E-state index contributed by atoms with van der Waals surface area (Å²) in [6.45, 7) is 8.03. The molecule has 1 aromatic heterocycles. The van der Waals surface area contributed by atoms with Gasteiger partial charge in [-0.15, -0.1) is 0 Å².